The van der Waals surface area contributed by atoms with Crippen LogP contribution in [-0.4, -0.2) is 11.8 Å². The third kappa shape index (κ3) is 1.98. The fourth-order valence-corrected chi connectivity index (χ4v) is 0.967. The van der Waals surface area contributed by atoms with Crippen LogP contribution in [0.5, 0.6) is 11.5 Å². The zero-order chi connectivity index (χ0) is 9.97. The molecule has 0 aromatic heterocycles. The molecule has 2 aliphatic heterocycles. The fraction of sp³-hybridized carbons (Fsp3) is 0. The monoisotopic (exact) mass is 189 g/mol. The summed E-state index contributed by atoms with van der Waals surface area (Å²) in [5.74, 6) is 1.40. The van der Waals surface area contributed by atoms with Crippen molar-refractivity contribution in [3.05, 3.63) is 36.4 Å². The van der Waals surface area contributed by atoms with Gasteiger partial charge >= 0.3 is 0 Å². The van der Waals surface area contributed by atoms with Crippen LogP contribution in [0, 0.1) is 0 Å². The van der Waals surface area contributed by atoms with Gasteiger partial charge in [-0.3, -0.25) is 14.9 Å². The van der Waals surface area contributed by atoms with E-state index in [0.717, 1.165) is 11.5 Å². The average Bonchev–Trinajstić information content (AvgIpc) is 2.87. The number of imide groups is 1. The van der Waals surface area contributed by atoms with Crippen LogP contribution in [0.15, 0.2) is 36.4 Å². The molecule has 0 saturated heterocycles. The second kappa shape index (κ2) is 3.33. The molecule has 0 atom stereocenters. The van der Waals surface area contributed by atoms with Crippen LogP contribution in [0.4, 0.5) is 0 Å². The Balaban J connectivity index is 0.000000107. The van der Waals surface area contributed by atoms with Crippen LogP contribution in [0.1, 0.15) is 0 Å². The number of amides is 2. The van der Waals surface area contributed by atoms with E-state index in [1.165, 1.54) is 12.2 Å². The molecule has 0 saturated carbocycles. The number of nitrogens with one attached hydrogen (secondary N) is 1. The minimum Gasteiger partial charge on any atom is -0.450 e. The molecule has 1 N–H and O–H groups in total. The Kier molecular flexibility index (Phi) is 2.02. The molecule has 2 aliphatic rings. The summed E-state index contributed by atoms with van der Waals surface area (Å²) in [6.07, 6.45) is 2.39. The molecule has 1 aromatic rings. The summed E-state index contributed by atoms with van der Waals surface area (Å²) in [5.41, 5.74) is 0. The van der Waals surface area contributed by atoms with Gasteiger partial charge in [0.05, 0.1) is 0 Å². The van der Waals surface area contributed by atoms with E-state index < -0.39 is 0 Å². The lowest BCUT2D eigenvalue weighted by Gasteiger charge is -1.80. The molecule has 4 nitrogen and oxygen atoms in total. The predicted molar refractivity (Wildman–Crippen MR) is 48.8 cm³/mol. The molecule has 0 spiro atoms. The molecule has 2 heterocycles. The van der Waals surface area contributed by atoms with Gasteiger partial charge in [0, 0.05) is 12.2 Å². The molecule has 1 aromatic carbocycles. The highest BCUT2D eigenvalue weighted by Gasteiger charge is 2.15. The molecule has 0 fully saturated rings. The van der Waals surface area contributed by atoms with Crippen molar-refractivity contribution >= 4 is 11.8 Å². The molecule has 14 heavy (non-hydrogen) atoms. The minimum absolute atomic E-state index is 0.329. The van der Waals surface area contributed by atoms with Gasteiger partial charge in [0.1, 0.15) is 0 Å². The van der Waals surface area contributed by atoms with Gasteiger partial charge in [-0.25, -0.2) is 0 Å². The van der Waals surface area contributed by atoms with Crippen LogP contribution >= 0.6 is 0 Å². The van der Waals surface area contributed by atoms with E-state index in [1.54, 1.807) is 0 Å². The van der Waals surface area contributed by atoms with Crippen molar-refractivity contribution in [2.75, 3.05) is 0 Å². The first-order valence-electron chi connectivity index (χ1n) is 4.05. The van der Waals surface area contributed by atoms with Gasteiger partial charge in [0.15, 0.2) is 11.5 Å². The second-order valence-corrected chi connectivity index (χ2v) is 2.74. The van der Waals surface area contributed by atoms with Crippen LogP contribution in [0.2, 0.25) is 0 Å². The number of carbonyl (C=O) groups excluding carboxylic acids is 2. The normalized spacial score (nSPS) is 14.9. The maximum Gasteiger partial charge on any atom is 0.250 e. The summed E-state index contributed by atoms with van der Waals surface area (Å²) in [5, 5.41) is 2.03. The van der Waals surface area contributed by atoms with E-state index in [1.807, 2.05) is 29.6 Å². The Labute approximate surface area is 80.2 Å². The standard InChI is InChI=1S/C6H4O.C4H3NO2/c1-2-4-6-5(3-1)7-6;6-3-1-2-4(7)5-3/h1-4H;1-2H,(H,5,6,7). The lowest BCUT2D eigenvalue weighted by atomic mass is 10.4. The van der Waals surface area contributed by atoms with Gasteiger partial charge in [0.2, 0.25) is 0 Å². The summed E-state index contributed by atoms with van der Waals surface area (Å²) >= 11 is 0. The molecule has 3 rings (SSSR count). The summed E-state index contributed by atoms with van der Waals surface area (Å²) in [7, 11) is 0. The maximum absolute atomic E-state index is 10.0. The molecule has 0 bridgehead atoms. The third-order valence-corrected chi connectivity index (χ3v) is 1.66. The number of hydrogen-bond donors (Lipinski definition) is 1. The van der Waals surface area contributed by atoms with E-state index in [4.69, 9.17) is 4.74 Å². The first-order valence-corrected chi connectivity index (χ1v) is 4.05. The molecule has 0 radical (unpaired) electrons. The van der Waals surface area contributed by atoms with Crippen molar-refractivity contribution in [1.29, 1.82) is 0 Å². The van der Waals surface area contributed by atoms with E-state index >= 15 is 0 Å². The Hall–Kier alpha value is -2.10. The Bertz CT molecular complexity index is 386. The van der Waals surface area contributed by atoms with Crippen molar-refractivity contribution in [3.8, 4) is 11.5 Å². The van der Waals surface area contributed by atoms with E-state index in [9.17, 15) is 9.59 Å². The number of rotatable bonds is 0. The molecule has 0 aliphatic carbocycles. The quantitative estimate of drug-likeness (QED) is 0.496. The van der Waals surface area contributed by atoms with Gasteiger partial charge in [-0.05, 0) is 12.1 Å². The van der Waals surface area contributed by atoms with Gasteiger partial charge in [0.25, 0.3) is 11.8 Å². The number of para-hydroxylation sites is 2. The molecule has 70 valence electrons. The molecule has 2 amide bonds. The van der Waals surface area contributed by atoms with Gasteiger partial charge in [-0.1, -0.05) is 12.1 Å². The SMILES string of the molecule is O=C1C=CC(=O)N1.c1ccc2c(c1)O2. The highest BCUT2D eigenvalue weighted by molar-refractivity contribution is 6.12. The minimum atomic E-state index is -0.329. The maximum atomic E-state index is 10.0. The van der Waals surface area contributed by atoms with Gasteiger partial charge in [-0.15, -0.1) is 0 Å². The first kappa shape index (κ1) is 8.50. The number of benzene rings is 1. The van der Waals surface area contributed by atoms with Crippen LogP contribution in [-0.2, 0) is 9.59 Å². The molecule has 0 unspecified atom stereocenters. The lowest BCUT2D eigenvalue weighted by Crippen LogP contribution is -2.19. The molecular weight excluding hydrogens is 182 g/mol. The zero-order valence-electron chi connectivity index (χ0n) is 7.19. The number of fused-ring (bicyclic) bond motifs is 1. The lowest BCUT2D eigenvalue weighted by molar-refractivity contribution is -0.123. The third-order valence-electron chi connectivity index (χ3n) is 1.66. The van der Waals surface area contributed by atoms with Crippen molar-refractivity contribution < 1.29 is 14.3 Å². The Morgan fingerprint density at radius 1 is 0.929 bits per heavy atom. The van der Waals surface area contributed by atoms with Gasteiger partial charge in [-0.2, -0.15) is 0 Å². The zero-order valence-corrected chi connectivity index (χ0v) is 7.19. The Morgan fingerprint density at radius 3 is 1.71 bits per heavy atom. The summed E-state index contributed by atoms with van der Waals surface area (Å²) in [4.78, 5) is 20.1. The highest BCUT2D eigenvalue weighted by Crippen LogP contribution is 2.43. The fourth-order valence-electron chi connectivity index (χ4n) is 0.967. The number of carbonyl (C=O) groups is 2. The van der Waals surface area contributed by atoms with Crippen LogP contribution in [0.3, 0.4) is 0 Å². The van der Waals surface area contributed by atoms with Crippen molar-refractivity contribution in [2.24, 2.45) is 0 Å². The van der Waals surface area contributed by atoms with Gasteiger partial charge < -0.3 is 4.74 Å². The first-order chi connectivity index (χ1) is 6.75. The van der Waals surface area contributed by atoms with E-state index in [0.29, 0.717) is 0 Å². The summed E-state index contributed by atoms with van der Waals surface area (Å²) in [6, 6.07) is 7.84. The van der Waals surface area contributed by atoms with Crippen LogP contribution < -0.4 is 10.1 Å². The topological polar surface area (TPSA) is 58.7 Å². The van der Waals surface area contributed by atoms with Crippen molar-refractivity contribution in [3.63, 3.8) is 0 Å². The molecule has 4 heteroatoms. The smallest absolute Gasteiger partial charge is 0.250 e. The van der Waals surface area contributed by atoms with Crippen LogP contribution in [0.25, 0.3) is 0 Å². The van der Waals surface area contributed by atoms with E-state index in [-0.39, 0.29) is 11.8 Å². The number of ether oxygens (including phenoxy) is 1. The Morgan fingerprint density at radius 2 is 1.43 bits per heavy atom. The van der Waals surface area contributed by atoms with E-state index in [2.05, 4.69) is 0 Å². The van der Waals surface area contributed by atoms with Crippen molar-refractivity contribution in [1.82, 2.24) is 5.32 Å². The summed E-state index contributed by atoms with van der Waals surface area (Å²) in [6.45, 7) is 0. The van der Waals surface area contributed by atoms with Crippen molar-refractivity contribution in [2.45, 2.75) is 0 Å². The second-order valence-electron chi connectivity index (χ2n) is 2.74. The number of hydrogen-bond acceptors (Lipinski definition) is 3. The predicted octanol–water partition coefficient (Wildman–Crippen LogP) is 0.991. The average molecular weight is 189 g/mol. The molecular formula is C10H7NO3. The highest BCUT2D eigenvalue weighted by atomic mass is 16.6. The largest absolute Gasteiger partial charge is 0.450 e. The summed E-state index contributed by atoms with van der Waals surface area (Å²) < 4.78 is 4.94.